The van der Waals surface area contributed by atoms with Crippen molar-refractivity contribution >= 4 is 23.9 Å². The van der Waals surface area contributed by atoms with E-state index in [0.717, 1.165) is 0 Å². The van der Waals surface area contributed by atoms with Crippen LogP contribution in [0.3, 0.4) is 0 Å². The van der Waals surface area contributed by atoms with Crippen molar-refractivity contribution in [2.75, 3.05) is 0 Å². The molecule has 0 aliphatic rings. The zero-order chi connectivity index (χ0) is 21.5. The van der Waals surface area contributed by atoms with Gasteiger partial charge < -0.3 is 14.2 Å². The van der Waals surface area contributed by atoms with E-state index >= 15 is 0 Å². The lowest BCUT2D eigenvalue weighted by molar-refractivity contribution is -0.131. The highest BCUT2D eigenvalue weighted by molar-refractivity contribution is 6.03. The van der Waals surface area contributed by atoms with E-state index in [9.17, 15) is 19.2 Å². The number of carbonyl (C=O) groups excluding carboxylic acids is 4. The largest absolute Gasteiger partial charge is 0.427 e. The Balaban J connectivity index is 1.63. The molecule has 0 heterocycles. The van der Waals surface area contributed by atoms with Crippen LogP contribution in [0.25, 0.3) is 0 Å². The van der Waals surface area contributed by atoms with Crippen LogP contribution < -0.4 is 9.47 Å². The Morgan fingerprint density at radius 3 is 1.63 bits per heavy atom. The van der Waals surface area contributed by atoms with Gasteiger partial charge in [-0.2, -0.15) is 0 Å². The van der Waals surface area contributed by atoms with Crippen LogP contribution in [0.4, 0.5) is 0 Å². The number of hydrogen-bond donors (Lipinski definition) is 0. The van der Waals surface area contributed by atoms with Gasteiger partial charge in [-0.3, -0.25) is 4.79 Å². The monoisotopic (exact) mass is 404 g/mol. The van der Waals surface area contributed by atoms with Crippen LogP contribution in [-0.4, -0.2) is 23.9 Å². The van der Waals surface area contributed by atoms with Gasteiger partial charge in [0, 0.05) is 13.0 Å². The van der Waals surface area contributed by atoms with E-state index in [1.54, 1.807) is 30.3 Å². The first-order valence-corrected chi connectivity index (χ1v) is 8.84. The molecular weight excluding hydrogens is 388 g/mol. The van der Waals surface area contributed by atoms with Crippen molar-refractivity contribution in [3.63, 3.8) is 0 Å². The molecule has 0 atom stereocenters. The third-order valence-electron chi connectivity index (χ3n) is 3.83. The predicted octanol–water partition coefficient (Wildman–Crippen LogP) is 3.83. The molecule has 7 heteroatoms. The van der Waals surface area contributed by atoms with Crippen LogP contribution in [0.2, 0.25) is 0 Å². The Morgan fingerprint density at radius 1 is 0.567 bits per heavy atom. The van der Waals surface area contributed by atoms with Gasteiger partial charge in [-0.05, 0) is 48.5 Å². The van der Waals surface area contributed by atoms with Crippen LogP contribution in [0.5, 0.6) is 11.5 Å². The lowest BCUT2D eigenvalue weighted by Gasteiger charge is -2.07. The normalized spacial score (nSPS) is 10.0. The molecule has 150 valence electrons. The second-order valence-corrected chi connectivity index (χ2v) is 6.08. The van der Waals surface area contributed by atoms with Gasteiger partial charge >= 0.3 is 23.9 Å². The molecular formula is C23H16O7. The first kappa shape index (κ1) is 20.5. The minimum atomic E-state index is -0.835. The fourth-order valence-corrected chi connectivity index (χ4v) is 2.45. The summed E-state index contributed by atoms with van der Waals surface area (Å²) in [6.45, 7) is 1.26. The minimum Gasteiger partial charge on any atom is -0.427 e. The highest BCUT2D eigenvalue weighted by Crippen LogP contribution is 2.21. The number of benzene rings is 3. The highest BCUT2D eigenvalue weighted by Gasteiger charge is 2.16. The Bertz CT molecular complexity index is 1090. The molecule has 0 fully saturated rings. The van der Waals surface area contributed by atoms with Gasteiger partial charge in [-0.1, -0.05) is 24.3 Å². The second-order valence-electron chi connectivity index (χ2n) is 6.08. The molecule has 0 spiro atoms. The predicted molar refractivity (Wildman–Crippen MR) is 105 cm³/mol. The summed E-state index contributed by atoms with van der Waals surface area (Å²) in [6.07, 6.45) is 0. The summed E-state index contributed by atoms with van der Waals surface area (Å²) in [5, 5.41) is 0. The van der Waals surface area contributed by atoms with Crippen LogP contribution >= 0.6 is 0 Å². The van der Waals surface area contributed by atoms with Crippen LogP contribution in [0.1, 0.15) is 38.0 Å². The Labute approximate surface area is 171 Å². The van der Waals surface area contributed by atoms with Crippen molar-refractivity contribution in [3.05, 3.63) is 95.6 Å². The van der Waals surface area contributed by atoms with E-state index in [1.807, 2.05) is 0 Å². The van der Waals surface area contributed by atoms with Crippen molar-refractivity contribution in [2.24, 2.45) is 0 Å². The highest BCUT2D eigenvalue weighted by atomic mass is 16.6. The van der Waals surface area contributed by atoms with Gasteiger partial charge in [-0.25, -0.2) is 14.4 Å². The molecule has 3 aromatic carbocycles. The van der Waals surface area contributed by atoms with Crippen molar-refractivity contribution in [2.45, 2.75) is 6.92 Å². The summed E-state index contributed by atoms with van der Waals surface area (Å²) < 4.78 is 15.0. The lowest BCUT2D eigenvalue weighted by Crippen LogP contribution is -2.13. The standard InChI is InChI=1S/C23H16O7/c1-15(24)28-19-8-5-9-20(14-19)29-21(25)17-10-12-18(13-11-17)23(27)30-22(26)16-6-3-2-4-7-16/h2-14H,1H3. The van der Waals surface area contributed by atoms with E-state index < -0.39 is 23.9 Å². The number of ether oxygens (including phenoxy) is 3. The fourth-order valence-electron chi connectivity index (χ4n) is 2.45. The van der Waals surface area contributed by atoms with E-state index in [0.29, 0.717) is 0 Å². The number of rotatable bonds is 5. The maximum absolute atomic E-state index is 12.3. The van der Waals surface area contributed by atoms with Crippen LogP contribution in [-0.2, 0) is 9.53 Å². The first-order chi connectivity index (χ1) is 14.4. The van der Waals surface area contributed by atoms with Gasteiger partial charge in [-0.15, -0.1) is 0 Å². The average molecular weight is 404 g/mol. The molecule has 0 aliphatic carbocycles. The molecule has 3 rings (SSSR count). The van der Waals surface area contributed by atoms with Crippen LogP contribution in [0, 0.1) is 0 Å². The number of hydrogen-bond acceptors (Lipinski definition) is 7. The quantitative estimate of drug-likeness (QED) is 0.362. The molecule has 0 aromatic heterocycles. The molecule has 0 radical (unpaired) electrons. The molecule has 0 amide bonds. The molecule has 0 aliphatic heterocycles. The third kappa shape index (κ3) is 5.39. The summed E-state index contributed by atoms with van der Waals surface area (Å²) in [4.78, 5) is 47.4. The fraction of sp³-hybridized carbons (Fsp3) is 0.0435. The van der Waals surface area contributed by atoms with Gasteiger partial charge in [0.05, 0.1) is 16.7 Å². The number of esters is 4. The van der Waals surface area contributed by atoms with E-state index in [4.69, 9.17) is 14.2 Å². The molecule has 7 nitrogen and oxygen atoms in total. The molecule has 0 saturated heterocycles. The second kappa shape index (κ2) is 9.29. The molecule has 0 N–H and O–H groups in total. The smallest absolute Gasteiger partial charge is 0.346 e. The molecule has 3 aromatic rings. The SMILES string of the molecule is CC(=O)Oc1cccc(OC(=O)c2ccc(C(=O)OC(=O)c3ccccc3)cc2)c1. The Hall–Kier alpha value is -4.26. The zero-order valence-corrected chi connectivity index (χ0v) is 15.9. The molecule has 0 unspecified atom stereocenters. The Morgan fingerprint density at radius 2 is 1.07 bits per heavy atom. The van der Waals surface area contributed by atoms with E-state index in [2.05, 4.69) is 0 Å². The average Bonchev–Trinajstić information content (AvgIpc) is 2.74. The summed E-state index contributed by atoms with van der Waals surface area (Å²) >= 11 is 0. The molecule has 0 bridgehead atoms. The Kier molecular flexibility index (Phi) is 6.34. The topological polar surface area (TPSA) is 96.0 Å². The third-order valence-corrected chi connectivity index (χ3v) is 3.83. The summed E-state index contributed by atoms with van der Waals surface area (Å²) in [7, 11) is 0. The molecule has 30 heavy (non-hydrogen) atoms. The van der Waals surface area contributed by atoms with Crippen molar-refractivity contribution < 1.29 is 33.4 Å². The summed E-state index contributed by atoms with van der Waals surface area (Å²) in [5.74, 6) is -2.33. The van der Waals surface area contributed by atoms with Gasteiger partial charge in [0.25, 0.3) is 0 Å². The maximum Gasteiger partial charge on any atom is 0.346 e. The van der Waals surface area contributed by atoms with Gasteiger partial charge in [0.1, 0.15) is 11.5 Å². The maximum atomic E-state index is 12.3. The van der Waals surface area contributed by atoms with Crippen molar-refractivity contribution in [1.29, 1.82) is 0 Å². The van der Waals surface area contributed by atoms with E-state index in [1.165, 1.54) is 55.5 Å². The lowest BCUT2D eigenvalue weighted by atomic mass is 10.1. The van der Waals surface area contributed by atoms with E-state index in [-0.39, 0.29) is 28.2 Å². The van der Waals surface area contributed by atoms with Crippen molar-refractivity contribution in [1.82, 2.24) is 0 Å². The van der Waals surface area contributed by atoms with Crippen molar-refractivity contribution in [3.8, 4) is 11.5 Å². The first-order valence-electron chi connectivity index (χ1n) is 8.84. The summed E-state index contributed by atoms with van der Waals surface area (Å²) in [5.41, 5.74) is 0.536. The number of carbonyl (C=O) groups is 4. The zero-order valence-electron chi connectivity index (χ0n) is 15.9. The minimum absolute atomic E-state index is 0.104. The van der Waals surface area contributed by atoms with Gasteiger partial charge in [0.2, 0.25) is 0 Å². The molecule has 0 saturated carbocycles. The summed E-state index contributed by atoms with van der Waals surface area (Å²) in [6, 6.07) is 19.6. The van der Waals surface area contributed by atoms with Gasteiger partial charge in [0.15, 0.2) is 0 Å². The van der Waals surface area contributed by atoms with Crippen LogP contribution in [0.15, 0.2) is 78.9 Å².